The molecular formula is C32H69O3PS. The minimum absolute atomic E-state index is 0.227. The Morgan fingerprint density at radius 1 is 0.405 bits per heavy atom. The molecule has 3 nitrogen and oxygen atoms in total. The Morgan fingerprint density at radius 3 is 1.00 bits per heavy atom. The van der Waals surface area contributed by atoms with Crippen molar-refractivity contribution in [2.45, 2.75) is 176 Å². The summed E-state index contributed by atoms with van der Waals surface area (Å²) in [7, 11) is -3.50. The Hall–Kier alpha value is 0.340. The third-order valence-corrected chi connectivity index (χ3v) is 17.6. The molecule has 0 radical (unpaired) electrons. The van der Waals surface area contributed by atoms with Crippen LogP contribution in [0.2, 0.25) is 0 Å². The molecular weight excluding hydrogens is 495 g/mol. The zero-order chi connectivity index (χ0) is 27.7. The summed E-state index contributed by atoms with van der Waals surface area (Å²) in [6, 6.07) is 0. The van der Waals surface area contributed by atoms with Gasteiger partial charge in [-0.2, -0.15) is 0 Å². The van der Waals surface area contributed by atoms with Gasteiger partial charge in [-0.1, -0.05) is 0 Å². The van der Waals surface area contributed by atoms with Crippen LogP contribution in [0.5, 0.6) is 0 Å². The minimum atomic E-state index is -3.50. The number of unbranched alkanes of at least 4 members (excludes halogenated alkanes) is 17. The van der Waals surface area contributed by atoms with Crippen LogP contribution in [-0.2, 0) is 14.1 Å². The Bertz CT molecular complexity index is 546. The van der Waals surface area contributed by atoms with Gasteiger partial charge in [0.05, 0.1) is 0 Å². The van der Waals surface area contributed by atoms with Gasteiger partial charge in [0.25, 0.3) is 0 Å². The summed E-state index contributed by atoms with van der Waals surface area (Å²) >= 11 is 0. The van der Waals surface area contributed by atoms with E-state index < -0.39 is 16.9 Å². The SMILES string of the molecule is CCCCCCCCS(=O)(=O)OP(CCCCCC)(CCCCCC)(CCCCCC)CCCCCC. The molecule has 0 fully saturated rings. The van der Waals surface area contributed by atoms with Gasteiger partial charge in [0.2, 0.25) is 0 Å². The summed E-state index contributed by atoms with van der Waals surface area (Å²) in [5.41, 5.74) is 0. The molecule has 0 aliphatic carbocycles. The van der Waals surface area contributed by atoms with Crippen molar-refractivity contribution in [3.8, 4) is 0 Å². The molecule has 0 aliphatic heterocycles. The first-order valence-corrected chi connectivity index (χ1v) is 21.2. The molecule has 0 rings (SSSR count). The summed E-state index contributed by atoms with van der Waals surface area (Å²) in [5.74, 6) is 0.227. The van der Waals surface area contributed by atoms with E-state index in [9.17, 15) is 8.42 Å². The van der Waals surface area contributed by atoms with Crippen molar-refractivity contribution in [1.82, 2.24) is 0 Å². The van der Waals surface area contributed by atoms with Crippen LogP contribution in [0.4, 0.5) is 0 Å². The molecule has 0 amide bonds. The van der Waals surface area contributed by atoms with Gasteiger partial charge in [0.15, 0.2) is 0 Å². The number of rotatable bonds is 29. The van der Waals surface area contributed by atoms with E-state index in [1.54, 1.807) is 0 Å². The van der Waals surface area contributed by atoms with Crippen LogP contribution in [0, 0.1) is 0 Å². The van der Waals surface area contributed by atoms with Gasteiger partial charge in [-0.25, -0.2) is 0 Å². The van der Waals surface area contributed by atoms with Crippen LogP contribution in [0.1, 0.15) is 176 Å². The van der Waals surface area contributed by atoms with E-state index >= 15 is 0 Å². The molecule has 0 N–H and O–H groups in total. The molecule has 0 saturated carbocycles. The first kappa shape index (κ1) is 37.3. The van der Waals surface area contributed by atoms with E-state index in [1.807, 2.05) is 0 Å². The summed E-state index contributed by atoms with van der Waals surface area (Å²) in [6.45, 7) is 8.43. The van der Waals surface area contributed by atoms with Gasteiger partial charge in [0, 0.05) is 0 Å². The zero-order valence-corrected chi connectivity index (χ0v) is 27.9. The molecule has 0 heterocycles. The first-order valence-electron chi connectivity index (χ1n) is 16.8. The maximum atomic E-state index is 13.7. The topological polar surface area (TPSA) is 43.4 Å². The summed E-state index contributed by atoms with van der Waals surface area (Å²) in [5, 5.41) is 0. The molecule has 0 atom stereocenters. The Morgan fingerprint density at radius 2 is 0.676 bits per heavy atom. The predicted octanol–water partition coefficient (Wildman–Crippen LogP) is 11.5. The fourth-order valence-corrected chi connectivity index (χ4v) is 16.0. The number of hydrogen-bond acceptors (Lipinski definition) is 3. The van der Waals surface area contributed by atoms with Crippen molar-refractivity contribution >= 4 is 16.9 Å². The Kier molecular flexibility index (Phi) is 23.3. The van der Waals surface area contributed by atoms with Gasteiger partial charge < -0.3 is 0 Å². The molecule has 0 aromatic carbocycles. The van der Waals surface area contributed by atoms with E-state index in [1.165, 1.54) is 96.3 Å². The molecule has 0 aromatic heterocycles. The third-order valence-electron chi connectivity index (χ3n) is 8.38. The van der Waals surface area contributed by atoms with Crippen LogP contribution in [-0.4, -0.2) is 38.8 Å². The molecule has 37 heavy (non-hydrogen) atoms. The predicted molar refractivity (Wildman–Crippen MR) is 171 cm³/mol. The normalized spacial score (nSPS) is 13.6. The van der Waals surface area contributed by atoms with E-state index in [4.69, 9.17) is 3.97 Å². The second kappa shape index (κ2) is 23.1. The quantitative estimate of drug-likeness (QED) is 0.0670. The van der Waals surface area contributed by atoms with Gasteiger partial charge in [0.1, 0.15) is 0 Å². The Balaban J connectivity index is 5.97. The third kappa shape index (κ3) is 18.3. The second-order valence-corrected chi connectivity index (χ2v) is 19.7. The molecule has 0 aliphatic rings. The molecule has 0 bridgehead atoms. The van der Waals surface area contributed by atoms with Crippen molar-refractivity contribution in [1.29, 1.82) is 0 Å². The van der Waals surface area contributed by atoms with Crippen molar-refractivity contribution in [2.24, 2.45) is 0 Å². The molecule has 226 valence electrons. The van der Waals surface area contributed by atoms with Crippen molar-refractivity contribution in [3.05, 3.63) is 0 Å². The average molecular weight is 565 g/mol. The van der Waals surface area contributed by atoms with Crippen LogP contribution in [0.25, 0.3) is 0 Å². The van der Waals surface area contributed by atoms with Crippen molar-refractivity contribution in [2.75, 3.05) is 30.4 Å². The summed E-state index contributed by atoms with van der Waals surface area (Å²) in [6.07, 6.45) is 30.1. The van der Waals surface area contributed by atoms with Gasteiger partial charge in [-0.05, 0) is 0 Å². The standard InChI is InChI=1S/C32H69O3PS/c1-6-11-16-21-22-27-32-37(33,34)35-36(28-23-17-12-7-2,29-24-18-13-8-3,30-25-19-14-9-4)31-26-20-15-10-5/h6-32H2,1-5H3. The van der Waals surface area contributed by atoms with E-state index in [0.717, 1.165) is 69.6 Å². The molecule has 0 spiro atoms. The van der Waals surface area contributed by atoms with Crippen LogP contribution < -0.4 is 0 Å². The molecule has 0 aromatic rings. The molecule has 0 unspecified atom stereocenters. The van der Waals surface area contributed by atoms with Gasteiger partial charge in [-0.15, -0.1) is 0 Å². The fraction of sp³-hybridized carbons (Fsp3) is 1.00. The summed E-state index contributed by atoms with van der Waals surface area (Å²) < 4.78 is 34.3. The fourth-order valence-electron chi connectivity index (χ4n) is 5.99. The molecule has 0 saturated heterocycles. The molecule has 5 heteroatoms. The van der Waals surface area contributed by atoms with Gasteiger partial charge in [-0.3, -0.25) is 0 Å². The maximum absolute atomic E-state index is 13.7. The first-order chi connectivity index (χ1) is 17.8. The zero-order valence-electron chi connectivity index (χ0n) is 26.2. The Labute approximate surface area is 235 Å². The second-order valence-electron chi connectivity index (χ2n) is 12.1. The van der Waals surface area contributed by atoms with Crippen LogP contribution >= 0.6 is 6.83 Å². The van der Waals surface area contributed by atoms with Crippen LogP contribution in [0.3, 0.4) is 0 Å². The number of hydrogen-bond donors (Lipinski definition) is 0. The van der Waals surface area contributed by atoms with E-state index in [2.05, 4.69) is 34.6 Å². The van der Waals surface area contributed by atoms with Crippen LogP contribution in [0.15, 0.2) is 0 Å². The van der Waals surface area contributed by atoms with E-state index in [-0.39, 0.29) is 5.75 Å². The van der Waals surface area contributed by atoms with Gasteiger partial charge >= 0.3 is 236 Å². The van der Waals surface area contributed by atoms with E-state index in [0.29, 0.717) is 0 Å². The monoisotopic (exact) mass is 564 g/mol. The van der Waals surface area contributed by atoms with Crippen molar-refractivity contribution in [3.63, 3.8) is 0 Å². The summed E-state index contributed by atoms with van der Waals surface area (Å²) in [4.78, 5) is 0. The van der Waals surface area contributed by atoms with Crippen molar-refractivity contribution < 1.29 is 12.4 Å². The average Bonchev–Trinajstić information content (AvgIpc) is 2.87.